The Kier molecular flexibility index (Phi) is 6.61. The van der Waals surface area contributed by atoms with Crippen LogP contribution < -0.4 is 4.90 Å². The summed E-state index contributed by atoms with van der Waals surface area (Å²) in [4.78, 5) is 6.36. The molecule has 5 heteroatoms. The van der Waals surface area contributed by atoms with Crippen LogP contribution in [-0.4, -0.2) is 21.2 Å². The first-order valence-electron chi connectivity index (χ1n) is 17.8. The Morgan fingerprint density at radius 2 is 1.78 bits per heavy atom. The Balaban J connectivity index is 1.18. The van der Waals surface area contributed by atoms with Crippen LogP contribution in [0.1, 0.15) is 96.3 Å². The number of anilines is 1. The Morgan fingerprint density at radius 3 is 2.46 bits per heavy atom. The van der Waals surface area contributed by atoms with E-state index in [1.807, 2.05) is 12.2 Å². The van der Waals surface area contributed by atoms with E-state index in [4.69, 9.17) is 11.3 Å². The van der Waals surface area contributed by atoms with Crippen LogP contribution in [0.25, 0.3) is 10.9 Å². The van der Waals surface area contributed by atoms with E-state index in [1.54, 1.807) is 16.8 Å². The topological polar surface area (TPSA) is 40.6 Å². The van der Waals surface area contributed by atoms with Crippen molar-refractivity contribution in [2.75, 3.05) is 18.0 Å². The Labute approximate surface area is 277 Å². The molecule has 4 fully saturated rings. The number of allylic oxidation sites excluding steroid dienone is 8. The van der Waals surface area contributed by atoms with Gasteiger partial charge < -0.3 is 9.64 Å². The van der Waals surface area contributed by atoms with E-state index in [1.165, 1.54) is 67.5 Å². The molecule has 4 nitrogen and oxygen atoms in total. The lowest BCUT2D eigenvalue weighted by Crippen LogP contribution is -2.48. The van der Waals surface area contributed by atoms with Gasteiger partial charge in [0.1, 0.15) is 11.5 Å². The fourth-order valence-electron chi connectivity index (χ4n) is 11.0. The van der Waals surface area contributed by atoms with Crippen LogP contribution in [0.2, 0.25) is 24.2 Å². The van der Waals surface area contributed by atoms with E-state index in [-0.39, 0.29) is 21.9 Å². The number of nitrogens with zero attached hydrogens (tertiary/aromatic N) is 3. The summed E-state index contributed by atoms with van der Waals surface area (Å²) in [6.07, 6.45) is 19.1. The van der Waals surface area contributed by atoms with Gasteiger partial charge in [-0.1, -0.05) is 51.5 Å². The van der Waals surface area contributed by atoms with E-state index in [0.717, 1.165) is 43.2 Å². The summed E-state index contributed by atoms with van der Waals surface area (Å²) in [5.74, 6) is 2.46. The van der Waals surface area contributed by atoms with Crippen LogP contribution >= 0.6 is 0 Å². The van der Waals surface area contributed by atoms with Crippen LogP contribution in [0.5, 0.6) is 0 Å². The maximum absolute atomic E-state index is 9.82. The molecule has 3 atom stereocenters. The summed E-state index contributed by atoms with van der Waals surface area (Å²) in [7, 11) is -1.33. The summed E-state index contributed by atoms with van der Waals surface area (Å²) in [6, 6.07) is 12.8. The normalized spacial score (nSPS) is 37.9. The molecule has 8 aliphatic rings. The molecule has 5 aliphatic heterocycles. The number of benzene rings is 1. The lowest BCUT2D eigenvalue weighted by atomic mass is 9.53. The summed E-state index contributed by atoms with van der Waals surface area (Å²) in [5, 5.41) is 9.82. The minimum atomic E-state index is -1.33. The van der Waals surface area contributed by atoms with Crippen LogP contribution in [0.4, 0.5) is 5.69 Å². The minimum Gasteiger partial charge on any atom is -0.461 e. The molecular weight excluding hydrogens is 579 g/mol. The van der Waals surface area contributed by atoms with Gasteiger partial charge in [0.2, 0.25) is 0 Å². The molecule has 0 aromatic heterocycles. The molecule has 5 heterocycles. The largest absolute Gasteiger partial charge is 0.461 e. The zero-order valence-corrected chi connectivity index (χ0v) is 29.6. The minimum absolute atomic E-state index is 0.0157. The van der Waals surface area contributed by atoms with E-state index in [2.05, 4.69) is 80.8 Å². The van der Waals surface area contributed by atoms with Crippen molar-refractivity contribution in [3.8, 4) is 6.07 Å². The molecule has 1 spiro atoms. The molecular formula is C41H49N3OSi. The second-order valence-electron chi connectivity index (χ2n) is 17.6. The van der Waals surface area contributed by atoms with Crippen molar-refractivity contribution in [3.63, 3.8) is 0 Å². The highest BCUT2D eigenvalue weighted by atomic mass is 28.3. The van der Waals surface area contributed by atoms with Gasteiger partial charge in [0.15, 0.2) is 0 Å². The second kappa shape index (κ2) is 10.1. The van der Waals surface area contributed by atoms with Gasteiger partial charge in [-0.15, -0.1) is 0 Å². The molecule has 0 N–H and O–H groups in total. The third-order valence-corrected chi connectivity index (χ3v) is 19.2. The van der Waals surface area contributed by atoms with Crippen LogP contribution in [0, 0.1) is 34.7 Å². The third kappa shape index (κ3) is 4.56. The average molecular weight is 628 g/mol. The Bertz CT molecular complexity index is 1730. The molecule has 3 aliphatic carbocycles. The van der Waals surface area contributed by atoms with E-state index in [9.17, 15) is 5.26 Å². The first-order valence-corrected chi connectivity index (χ1v) is 20.6. The van der Waals surface area contributed by atoms with E-state index in [0.29, 0.717) is 11.0 Å². The van der Waals surface area contributed by atoms with Crippen molar-refractivity contribution < 1.29 is 4.74 Å². The van der Waals surface area contributed by atoms with Gasteiger partial charge in [0.25, 0.3) is 5.70 Å². The lowest BCUT2D eigenvalue weighted by Gasteiger charge is -2.52. The summed E-state index contributed by atoms with van der Waals surface area (Å²) < 4.78 is 6.75. The fraction of sp³-hybridized carbons (Fsp3) is 0.561. The number of rotatable bonds is 3. The van der Waals surface area contributed by atoms with Crippen LogP contribution in [0.3, 0.4) is 0 Å². The highest BCUT2D eigenvalue weighted by Crippen LogP contribution is 2.63. The maximum Gasteiger partial charge on any atom is 0.269 e. The monoisotopic (exact) mass is 627 g/mol. The number of fused-ring (bicyclic) bond motifs is 5. The predicted molar refractivity (Wildman–Crippen MR) is 190 cm³/mol. The van der Waals surface area contributed by atoms with Gasteiger partial charge in [-0.25, -0.2) is 10.1 Å². The zero-order valence-electron chi connectivity index (χ0n) is 28.6. The molecule has 1 aromatic rings. The predicted octanol–water partition coefficient (Wildman–Crippen LogP) is 10.4. The number of hydrogen-bond donors (Lipinski definition) is 0. The van der Waals surface area contributed by atoms with Gasteiger partial charge in [-0.05, 0) is 145 Å². The first-order chi connectivity index (χ1) is 21.9. The number of ether oxygens (including phenoxy) is 1. The Morgan fingerprint density at radius 1 is 1.04 bits per heavy atom. The summed E-state index contributed by atoms with van der Waals surface area (Å²) >= 11 is 0. The quantitative estimate of drug-likeness (QED) is 0.145. The van der Waals surface area contributed by atoms with Crippen LogP contribution in [0.15, 0.2) is 64.8 Å². The molecule has 46 heavy (non-hydrogen) atoms. The fourth-order valence-corrected chi connectivity index (χ4v) is 17.6. The second-order valence-corrected chi connectivity index (χ2v) is 22.1. The summed E-state index contributed by atoms with van der Waals surface area (Å²) in [6.45, 7) is 22.4. The standard InChI is InChI=1S/C41H49N3OSi/c1-28-9-18-46(25-28)26-31-24-44-17-16-38(2,3)33-19-29(20-34(37(33)44)40(31,5)27-46)7-8-32-21-30(35(23-42)43-6)22-36(45-32)41-13-10-39(4,11-14-41)12-15-41/h7-9,19-22,31H,10-18,24-27H2,1-5H3/b8-7+,35-30+. The molecule has 3 saturated carbocycles. The lowest BCUT2D eigenvalue weighted by molar-refractivity contribution is -0.00270. The van der Waals surface area contributed by atoms with Gasteiger partial charge >= 0.3 is 0 Å². The summed E-state index contributed by atoms with van der Waals surface area (Å²) in [5.41, 5.74) is 9.22. The van der Waals surface area contributed by atoms with E-state index < -0.39 is 8.07 Å². The Hall–Kier alpha value is -3.28. The van der Waals surface area contributed by atoms with Gasteiger partial charge in [-0.3, -0.25) is 0 Å². The van der Waals surface area contributed by atoms with Crippen molar-refractivity contribution in [1.82, 2.24) is 0 Å². The van der Waals surface area contributed by atoms with Crippen molar-refractivity contribution in [2.45, 2.75) is 115 Å². The maximum atomic E-state index is 9.82. The van der Waals surface area contributed by atoms with Crippen molar-refractivity contribution in [2.24, 2.45) is 16.7 Å². The SMILES string of the molecule is [C-]#[N+]/C(C#N)=C1C=C(/C=C/c2cc3c4c(c2)C2(C)C[Si]5(CC=C(C)C5)CC2CN4CCC3(C)C)OC(C23CCC(C)(CC2)CC3)=C\1. The van der Waals surface area contributed by atoms with Crippen molar-refractivity contribution in [3.05, 3.63) is 92.9 Å². The molecule has 238 valence electrons. The molecule has 2 bridgehead atoms. The highest BCUT2D eigenvalue weighted by Gasteiger charge is 2.58. The van der Waals surface area contributed by atoms with Crippen molar-refractivity contribution in [1.29, 1.82) is 5.26 Å². The highest BCUT2D eigenvalue weighted by molar-refractivity contribution is 6.82. The van der Waals surface area contributed by atoms with E-state index >= 15 is 0 Å². The van der Waals surface area contributed by atoms with Gasteiger partial charge in [0.05, 0.1) is 20.7 Å². The third-order valence-electron chi connectivity index (χ3n) is 14.0. The van der Waals surface area contributed by atoms with Crippen molar-refractivity contribution >= 4 is 19.8 Å². The molecule has 9 rings (SSSR count). The van der Waals surface area contributed by atoms with Crippen LogP contribution in [-0.2, 0) is 15.6 Å². The van der Waals surface area contributed by atoms with Gasteiger partial charge in [-0.2, -0.15) is 0 Å². The van der Waals surface area contributed by atoms with Gasteiger partial charge in [0, 0.05) is 24.2 Å². The first kappa shape index (κ1) is 30.1. The molecule has 0 amide bonds. The average Bonchev–Trinajstić information content (AvgIpc) is 3.55. The zero-order chi connectivity index (χ0) is 32.1. The smallest absolute Gasteiger partial charge is 0.269 e. The number of hydrogen-bond acceptors (Lipinski definition) is 3. The molecule has 0 radical (unpaired) electrons. The number of nitriles is 1. The molecule has 1 aromatic carbocycles. The molecule has 1 saturated heterocycles. The molecule has 3 unspecified atom stereocenters.